The van der Waals surface area contributed by atoms with Crippen molar-refractivity contribution >= 4 is 29.5 Å². The van der Waals surface area contributed by atoms with Crippen molar-refractivity contribution in [1.82, 2.24) is 0 Å². The molecule has 6 nitrogen and oxygen atoms in total. The van der Waals surface area contributed by atoms with Crippen LogP contribution in [-0.4, -0.2) is 23.4 Å². The van der Waals surface area contributed by atoms with E-state index in [1.807, 2.05) is 56.3 Å². The highest BCUT2D eigenvalue weighted by molar-refractivity contribution is 6.08. The smallest absolute Gasteiger partial charge is 0.220 e. The summed E-state index contributed by atoms with van der Waals surface area (Å²) in [5, 5.41) is 0. The van der Waals surface area contributed by atoms with Gasteiger partial charge < -0.3 is 11.5 Å². The second-order valence-electron chi connectivity index (χ2n) is 6.42. The number of rotatable bonds is 4. The maximum absolute atomic E-state index is 12.4. The largest absolute Gasteiger partial charge is 0.369 e. The molecule has 2 aromatic rings. The van der Waals surface area contributed by atoms with Gasteiger partial charge in [-0.3, -0.25) is 9.69 Å². The average Bonchev–Trinajstić information content (AvgIpc) is 2.59. The fraction of sp³-hybridized carbons (Fsp3) is 0.150. The number of carbonyl (C=O) groups is 1. The minimum absolute atomic E-state index is 0.0674. The van der Waals surface area contributed by atoms with E-state index >= 15 is 0 Å². The van der Waals surface area contributed by atoms with Crippen LogP contribution in [0, 0.1) is 0 Å². The van der Waals surface area contributed by atoms with Crippen LogP contribution in [0.3, 0.4) is 0 Å². The summed E-state index contributed by atoms with van der Waals surface area (Å²) in [6, 6.07) is 16.9. The Morgan fingerprint density at radius 3 is 2.31 bits per heavy atom. The Labute approximate surface area is 152 Å². The summed E-state index contributed by atoms with van der Waals surface area (Å²) in [7, 11) is 0. The van der Waals surface area contributed by atoms with Crippen LogP contribution in [0.15, 0.2) is 70.7 Å². The Morgan fingerprint density at radius 2 is 1.69 bits per heavy atom. The number of aliphatic imine (C=N–C) groups is 2. The molecule has 0 saturated carbocycles. The molecule has 0 amide bonds. The van der Waals surface area contributed by atoms with Crippen molar-refractivity contribution < 1.29 is 4.79 Å². The van der Waals surface area contributed by atoms with Crippen molar-refractivity contribution in [2.75, 3.05) is 4.90 Å². The van der Waals surface area contributed by atoms with Gasteiger partial charge in [0.25, 0.3) is 0 Å². The van der Waals surface area contributed by atoms with Gasteiger partial charge in [-0.25, -0.2) is 4.99 Å². The van der Waals surface area contributed by atoms with E-state index in [0.717, 1.165) is 11.3 Å². The standard InChI is InChI=1S/C20H21N5O/c1-20(2)24-18(21)23-19(22)25(20)16-11-9-15(10-12-16)17(26)13-8-14-6-4-3-5-7-14/h3-13H,1-2H3,(H4,21,22,23,24). The minimum Gasteiger partial charge on any atom is -0.369 e. The van der Waals surface area contributed by atoms with E-state index in [4.69, 9.17) is 11.5 Å². The lowest BCUT2D eigenvalue weighted by molar-refractivity contribution is 0.104. The molecular weight excluding hydrogens is 326 g/mol. The highest BCUT2D eigenvalue weighted by Gasteiger charge is 2.32. The number of hydrogen-bond acceptors (Lipinski definition) is 6. The maximum Gasteiger partial charge on any atom is 0.220 e. The molecule has 0 fully saturated rings. The summed E-state index contributed by atoms with van der Waals surface area (Å²) in [5.41, 5.74) is 13.4. The summed E-state index contributed by atoms with van der Waals surface area (Å²) in [6.07, 6.45) is 3.36. The van der Waals surface area contributed by atoms with Gasteiger partial charge in [0.1, 0.15) is 5.66 Å². The molecule has 1 heterocycles. The number of anilines is 1. The molecule has 1 aliphatic rings. The van der Waals surface area contributed by atoms with Crippen LogP contribution in [0.25, 0.3) is 6.08 Å². The number of allylic oxidation sites excluding steroid dienone is 1. The molecule has 6 heteroatoms. The molecule has 0 aromatic heterocycles. The average molecular weight is 347 g/mol. The predicted molar refractivity (Wildman–Crippen MR) is 106 cm³/mol. The first-order valence-electron chi connectivity index (χ1n) is 8.24. The monoisotopic (exact) mass is 347 g/mol. The van der Waals surface area contributed by atoms with Gasteiger partial charge in [0.15, 0.2) is 5.78 Å². The van der Waals surface area contributed by atoms with E-state index in [9.17, 15) is 4.79 Å². The summed E-state index contributed by atoms with van der Waals surface area (Å²) >= 11 is 0. The van der Waals surface area contributed by atoms with Crippen molar-refractivity contribution in [2.45, 2.75) is 19.5 Å². The first kappa shape index (κ1) is 17.4. The van der Waals surface area contributed by atoms with Gasteiger partial charge in [-0.2, -0.15) is 4.99 Å². The lowest BCUT2D eigenvalue weighted by Gasteiger charge is -2.38. The van der Waals surface area contributed by atoms with Crippen LogP contribution in [0.1, 0.15) is 29.8 Å². The maximum atomic E-state index is 12.4. The number of guanidine groups is 2. The van der Waals surface area contributed by atoms with Gasteiger partial charge in [0, 0.05) is 11.3 Å². The minimum atomic E-state index is -0.658. The van der Waals surface area contributed by atoms with Gasteiger partial charge in [0.2, 0.25) is 11.9 Å². The topological polar surface area (TPSA) is 97.1 Å². The Morgan fingerprint density at radius 1 is 1.04 bits per heavy atom. The van der Waals surface area contributed by atoms with Crippen molar-refractivity contribution in [3.05, 3.63) is 71.8 Å². The fourth-order valence-corrected chi connectivity index (χ4v) is 2.86. The molecule has 0 atom stereocenters. The highest BCUT2D eigenvalue weighted by Crippen LogP contribution is 2.27. The molecule has 4 N–H and O–H groups in total. The van der Waals surface area contributed by atoms with E-state index in [0.29, 0.717) is 5.56 Å². The van der Waals surface area contributed by atoms with Crippen molar-refractivity contribution in [2.24, 2.45) is 21.5 Å². The summed E-state index contributed by atoms with van der Waals surface area (Å²) in [5.74, 6) is 0.356. The van der Waals surface area contributed by atoms with Gasteiger partial charge in [-0.05, 0) is 49.8 Å². The quantitative estimate of drug-likeness (QED) is 0.656. The molecule has 0 radical (unpaired) electrons. The third kappa shape index (κ3) is 3.64. The zero-order valence-electron chi connectivity index (χ0n) is 14.8. The Kier molecular flexibility index (Phi) is 4.58. The number of carbonyl (C=O) groups excluding carboxylic acids is 1. The van der Waals surface area contributed by atoms with Gasteiger partial charge >= 0.3 is 0 Å². The lowest BCUT2D eigenvalue weighted by atomic mass is 10.1. The molecule has 3 rings (SSSR count). The molecule has 0 aliphatic carbocycles. The van der Waals surface area contributed by atoms with Gasteiger partial charge in [-0.1, -0.05) is 36.4 Å². The predicted octanol–water partition coefficient (Wildman–Crippen LogP) is 2.77. The Balaban J connectivity index is 1.80. The molecule has 0 unspecified atom stereocenters. The van der Waals surface area contributed by atoms with Crippen LogP contribution in [0.2, 0.25) is 0 Å². The summed E-state index contributed by atoms with van der Waals surface area (Å²) < 4.78 is 0. The van der Waals surface area contributed by atoms with Crippen LogP contribution in [0.4, 0.5) is 5.69 Å². The van der Waals surface area contributed by atoms with E-state index in [-0.39, 0.29) is 17.7 Å². The molecule has 26 heavy (non-hydrogen) atoms. The lowest BCUT2D eigenvalue weighted by Crippen LogP contribution is -2.54. The van der Waals surface area contributed by atoms with Crippen LogP contribution in [-0.2, 0) is 0 Å². The summed E-state index contributed by atoms with van der Waals surface area (Å²) in [4.78, 5) is 22.5. The molecular formula is C20H21N5O. The molecule has 1 aliphatic heterocycles. The number of nitrogens with zero attached hydrogens (tertiary/aromatic N) is 3. The number of benzene rings is 2. The van der Waals surface area contributed by atoms with E-state index in [1.54, 1.807) is 29.2 Å². The van der Waals surface area contributed by atoms with Crippen molar-refractivity contribution in [1.29, 1.82) is 0 Å². The summed E-state index contributed by atoms with van der Waals surface area (Å²) in [6.45, 7) is 3.78. The first-order chi connectivity index (χ1) is 12.4. The zero-order valence-corrected chi connectivity index (χ0v) is 14.8. The SMILES string of the molecule is CC1(C)N=C(N)N=C(N)N1c1ccc(C(=O)C=Cc2ccccc2)cc1. The fourth-order valence-electron chi connectivity index (χ4n) is 2.86. The van der Waals surface area contributed by atoms with Gasteiger partial charge in [-0.15, -0.1) is 0 Å². The zero-order chi connectivity index (χ0) is 18.7. The molecule has 0 saturated heterocycles. The van der Waals surface area contributed by atoms with Crippen LogP contribution >= 0.6 is 0 Å². The molecule has 132 valence electrons. The Bertz CT molecular complexity index is 896. The van der Waals surface area contributed by atoms with E-state index in [1.165, 1.54) is 0 Å². The van der Waals surface area contributed by atoms with E-state index < -0.39 is 5.66 Å². The van der Waals surface area contributed by atoms with E-state index in [2.05, 4.69) is 9.98 Å². The number of ketones is 1. The number of nitrogens with two attached hydrogens (primary N) is 2. The van der Waals surface area contributed by atoms with Crippen LogP contribution in [0.5, 0.6) is 0 Å². The normalized spacial score (nSPS) is 16.3. The Hall–Kier alpha value is -3.41. The molecule has 2 aromatic carbocycles. The highest BCUT2D eigenvalue weighted by atomic mass is 16.1. The first-order valence-corrected chi connectivity index (χ1v) is 8.24. The third-order valence-corrected chi connectivity index (χ3v) is 4.03. The third-order valence-electron chi connectivity index (χ3n) is 4.03. The number of hydrogen-bond donors (Lipinski definition) is 2. The van der Waals surface area contributed by atoms with Crippen LogP contribution < -0.4 is 16.4 Å². The second-order valence-corrected chi connectivity index (χ2v) is 6.42. The molecule has 0 bridgehead atoms. The second kappa shape index (κ2) is 6.84. The van der Waals surface area contributed by atoms with Gasteiger partial charge in [0.05, 0.1) is 0 Å². The molecule has 0 spiro atoms. The van der Waals surface area contributed by atoms with Crippen molar-refractivity contribution in [3.63, 3.8) is 0 Å². The van der Waals surface area contributed by atoms with Crippen molar-refractivity contribution in [3.8, 4) is 0 Å².